The highest BCUT2D eigenvalue weighted by Gasteiger charge is 2.11. The molecular formula is C12H24N2O3. The molecule has 5 heteroatoms. The van der Waals surface area contributed by atoms with Gasteiger partial charge in [0.2, 0.25) is 11.8 Å². The maximum atomic E-state index is 11.4. The van der Waals surface area contributed by atoms with Gasteiger partial charge < -0.3 is 15.0 Å². The number of carbonyl (C=O) groups excluding carboxylic acids is 2. The van der Waals surface area contributed by atoms with Crippen LogP contribution in [0.1, 0.15) is 33.6 Å². The molecule has 0 fully saturated rings. The zero-order chi connectivity index (χ0) is 13.3. The Bertz CT molecular complexity index is 242. The maximum Gasteiger partial charge on any atom is 0.221 e. The van der Waals surface area contributed by atoms with Crippen molar-refractivity contribution in [2.24, 2.45) is 0 Å². The zero-order valence-corrected chi connectivity index (χ0v) is 11.3. The fraction of sp³-hybridized carbons (Fsp3) is 0.833. The molecule has 100 valence electrons. The summed E-state index contributed by atoms with van der Waals surface area (Å²) in [5.41, 5.74) is 0. The molecule has 0 aromatic carbocycles. The molecule has 0 aliphatic heterocycles. The minimum atomic E-state index is -0.0157. The van der Waals surface area contributed by atoms with Gasteiger partial charge in [-0.3, -0.25) is 9.59 Å². The Morgan fingerprint density at radius 3 is 2.41 bits per heavy atom. The van der Waals surface area contributed by atoms with Crippen LogP contribution in [0.5, 0.6) is 0 Å². The van der Waals surface area contributed by atoms with Crippen molar-refractivity contribution in [3.8, 4) is 0 Å². The van der Waals surface area contributed by atoms with Crippen molar-refractivity contribution < 1.29 is 14.3 Å². The second kappa shape index (κ2) is 8.98. The van der Waals surface area contributed by atoms with Crippen LogP contribution in [-0.2, 0) is 14.3 Å². The van der Waals surface area contributed by atoms with E-state index in [-0.39, 0.29) is 17.9 Å². The summed E-state index contributed by atoms with van der Waals surface area (Å²) in [6.45, 7) is 7.09. The Morgan fingerprint density at radius 1 is 1.29 bits per heavy atom. The Morgan fingerprint density at radius 2 is 1.94 bits per heavy atom. The van der Waals surface area contributed by atoms with Crippen molar-refractivity contribution in [2.75, 3.05) is 26.8 Å². The molecule has 0 saturated heterocycles. The molecule has 0 aliphatic carbocycles. The van der Waals surface area contributed by atoms with Crippen LogP contribution >= 0.6 is 0 Å². The first-order valence-corrected chi connectivity index (χ1v) is 6.01. The molecule has 0 saturated carbocycles. The van der Waals surface area contributed by atoms with Crippen LogP contribution in [0.25, 0.3) is 0 Å². The van der Waals surface area contributed by atoms with E-state index in [1.807, 2.05) is 13.8 Å². The second-order valence-corrected chi connectivity index (χ2v) is 4.32. The summed E-state index contributed by atoms with van der Waals surface area (Å²) in [4.78, 5) is 24.4. The van der Waals surface area contributed by atoms with E-state index >= 15 is 0 Å². The van der Waals surface area contributed by atoms with Gasteiger partial charge in [-0.2, -0.15) is 0 Å². The Labute approximate surface area is 103 Å². The monoisotopic (exact) mass is 244 g/mol. The van der Waals surface area contributed by atoms with Crippen LogP contribution in [0.4, 0.5) is 0 Å². The molecule has 0 spiro atoms. The third-order valence-corrected chi connectivity index (χ3v) is 2.28. The van der Waals surface area contributed by atoms with Crippen LogP contribution in [0.3, 0.4) is 0 Å². The lowest BCUT2D eigenvalue weighted by atomic mass is 10.3. The van der Waals surface area contributed by atoms with E-state index < -0.39 is 0 Å². The van der Waals surface area contributed by atoms with Gasteiger partial charge in [-0.15, -0.1) is 0 Å². The molecule has 0 aromatic heterocycles. The normalized spacial score (nSPS) is 10.4. The van der Waals surface area contributed by atoms with E-state index in [1.165, 1.54) is 6.92 Å². The van der Waals surface area contributed by atoms with Gasteiger partial charge in [-0.1, -0.05) is 0 Å². The van der Waals surface area contributed by atoms with Gasteiger partial charge in [0.05, 0.1) is 0 Å². The van der Waals surface area contributed by atoms with Gasteiger partial charge in [-0.25, -0.2) is 0 Å². The highest BCUT2D eigenvalue weighted by atomic mass is 16.5. The van der Waals surface area contributed by atoms with Gasteiger partial charge in [-0.05, 0) is 20.3 Å². The lowest BCUT2D eigenvalue weighted by Gasteiger charge is -2.20. The molecule has 0 bridgehead atoms. The van der Waals surface area contributed by atoms with E-state index in [9.17, 15) is 9.59 Å². The van der Waals surface area contributed by atoms with Crippen molar-refractivity contribution in [3.05, 3.63) is 0 Å². The minimum absolute atomic E-state index is 0.00144. The largest absolute Gasteiger partial charge is 0.385 e. The number of nitrogens with one attached hydrogen (secondary N) is 1. The predicted octanol–water partition coefficient (Wildman–Crippen LogP) is 0.786. The minimum Gasteiger partial charge on any atom is -0.385 e. The summed E-state index contributed by atoms with van der Waals surface area (Å²) in [7, 11) is 1.63. The van der Waals surface area contributed by atoms with Gasteiger partial charge in [0.15, 0.2) is 0 Å². The molecule has 0 aliphatic rings. The van der Waals surface area contributed by atoms with Gasteiger partial charge in [0.25, 0.3) is 0 Å². The molecule has 0 heterocycles. The predicted molar refractivity (Wildman–Crippen MR) is 66.6 cm³/mol. The molecule has 0 aromatic rings. The topological polar surface area (TPSA) is 58.6 Å². The van der Waals surface area contributed by atoms with E-state index in [4.69, 9.17) is 4.74 Å². The summed E-state index contributed by atoms with van der Waals surface area (Å²) in [5.74, 6) is -0.0172. The fourth-order valence-electron chi connectivity index (χ4n) is 1.46. The molecule has 2 amide bonds. The van der Waals surface area contributed by atoms with Crippen molar-refractivity contribution in [1.82, 2.24) is 10.2 Å². The van der Waals surface area contributed by atoms with E-state index in [1.54, 1.807) is 12.0 Å². The average molecular weight is 244 g/mol. The molecule has 0 radical (unpaired) electrons. The number of nitrogens with zero attached hydrogens (tertiary/aromatic N) is 1. The van der Waals surface area contributed by atoms with Gasteiger partial charge >= 0.3 is 0 Å². The van der Waals surface area contributed by atoms with E-state index in [0.29, 0.717) is 26.1 Å². The van der Waals surface area contributed by atoms with Gasteiger partial charge in [0.1, 0.15) is 0 Å². The number of rotatable bonds is 8. The molecule has 1 N–H and O–H groups in total. The Balaban J connectivity index is 3.92. The second-order valence-electron chi connectivity index (χ2n) is 4.32. The first kappa shape index (κ1) is 15.9. The Kier molecular flexibility index (Phi) is 8.40. The SMILES string of the molecule is COCCCN(CCC(=O)NC(C)C)C(C)=O. The first-order valence-electron chi connectivity index (χ1n) is 6.01. The molecule has 0 unspecified atom stereocenters. The summed E-state index contributed by atoms with van der Waals surface area (Å²) in [5, 5.41) is 2.80. The summed E-state index contributed by atoms with van der Waals surface area (Å²) < 4.78 is 4.93. The van der Waals surface area contributed by atoms with E-state index in [2.05, 4.69) is 5.32 Å². The third kappa shape index (κ3) is 8.68. The number of carbonyl (C=O) groups is 2. The molecule has 17 heavy (non-hydrogen) atoms. The van der Waals surface area contributed by atoms with Gasteiger partial charge in [0, 0.05) is 46.2 Å². The Hall–Kier alpha value is -1.10. The standard InChI is InChI=1S/C12H24N2O3/c1-10(2)13-12(16)6-8-14(11(3)15)7-5-9-17-4/h10H,5-9H2,1-4H3,(H,13,16). The van der Waals surface area contributed by atoms with Crippen LogP contribution in [-0.4, -0.2) is 49.6 Å². The molecule has 0 atom stereocenters. The van der Waals surface area contributed by atoms with Crippen molar-refractivity contribution in [3.63, 3.8) is 0 Å². The lowest BCUT2D eigenvalue weighted by Crippen LogP contribution is -2.36. The number of hydrogen-bond acceptors (Lipinski definition) is 3. The number of methoxy groups -OCH3 is 1. The van der Waals surface area contributed by atoms with Crippen molar-refractivity contribution in [2.45, 2.75) is 39.7 Å². The average Bonchev–Trinajstić information content (AvgIpc) is 2.21. The van der Waals surface area contributed by atoms with Crippen molar-refractivity contribution in [1.29, 1.82) is 0 Å². The zero-order valence-electron chi connectivity index (χ0n) is 11.3. The summed E-state index contributed by atoms with van der Waals surface area (Å²) >= 11 is 0. The molecular weight excluding hydrogens is 220 g/mol. The smallest absolute Gasteiger partial charge is 0.221 e. The van der Waals surface area contributed by atoms with Crippen LogP contribution in [0, 0.1) is 0 Å². The number of amides is 2. The van der Waals surface area contributed by atoms with Crippen LogP contribution < -0.4 is 5.32 Å². The number of hydrogen-bond donors (Lipinski definition) is 1. The number of ether oxygens (including phenoxy) is 1. The first-order chi connectivity index (χ1) is 7.97. The highest BCUT2D eigenvalue weighted by Crippen LogP contribution is 1.96. The van der Waals surface area contributed by atoms with Crippen LogP contribution in [0.2, 0.25) is 0 Å². The fourth-order valence-corrected chi connectivity index (χ4v) is 1.46. The lowest BCUT2D eigenvalue weighted by molar-refractivity contribution is -0.130. The maximum absolute atomic E-state index is 11.4. The van der Waals surface area contributed by atoms with E-state index in [0.717, 1.165) is 6.42 Å². The quantitative estimate of drug-likeness (QED) is 0.642. The highest BCUT2D eigenvalue weighted by molar-refractivity contribution is 5.78. The molecule has 5 nitrogen and oxygen atoms in total. The summed E-state index contributed by atoms with van der Waals surface area (Å²) in [6, 6.07) is 0.141. The summed E-state index contributed by atoms with van der Waals surface area (Å²) in [6.07, 6.45) is 1.15. The third-order valence-electron chi connectivity index (χ3n) is 2.28. The molecule has 0 rings (SSSR count). The van der Waals surface area contributed by atoms with Crippen LogP contribution in [0.15, 0.2) is 0 Å². The van der Waals surface area contributed by atoms with Crippen molar-refractivity contribution >= 4 is 11.8 Å².